The molecule has 0 spiro atoms. The fourth-order valence-corrected chi connectivity index (χ4v) is 5.02. The van der Waals surface area contributed by atoms with Crippen molar-refractivity contribution in [1.29, 1.82) is 0 Å². The van der Waals surface area contributed by atoms with Gasteiger partial charge in [-0.25, -0.2) is 9.37 Å². The van der Waals surface area contributed by atoms with Gasteiger partial charge in [-0.3, -0.25) is 9.78 Å². The minimum absolute atomic E-state index is 0.0300. The number of alkyl halides is 2. The van der Waals surface area contributed by atoms with Gasteiger partial charge in [0.1, 0.15) is 11.5 Å². The Labute approximate surface area is 193 Å². The van der Waals surface area contributed by atoms with Crippen molar-refractivity contribution in [3.05, 3.63) is 64.3 Å². The van der Waals surface area contributed by atoms with Crippen LogP contribution < -0.4 is 10.6 Å². The summed E-state index contributed by atoms with van der Waals surface area (Å²) in [4.78, 5) is 20.5. The summed E-state index contributed by atoms with van der Waals surface area (Å²) in [5, 5.41) is 7.66. The van der Waals surface area contributed by atoms with Crippen molar-refractivity contribution in [2.45, 2.75) is 56.5 Å². The minimum atomic E-state index is -2.96. The zero-order valence-corrected chi connectivity index (χ0v) is 18.4. The van der Waals surface area contributed by atoms with Gasteiger partial charge in [0.05, 0.1) is 17.3 Å². The molecule has 2 N–H and O–H groups in total. The Hall–Kier alpha value is -2.87. The molecule has 3 aromatic rings. The van der Waals surface area contributed by atoms with E-state index in [1.165, 1.54) is 6.20 Å². The average Bonchev–Trinajstić information content (AvgIpc) is 3.08. The van der Waals surface area contributed by atoms with E-state index >= 15 is 0 Å². The van der Waals surface area contributed by atoms with Crippen LogP contribution in [0.2, 0.25) is 5.02 Å². The first kappa shape index (κ1) is 21.9. The van der Waals surface area contributed by atoms with E-state index in [9.17, 15) is 18.0 Å². The Morgan fingerprint density at radius 2 is 1.97 bits per heavy atom. The van der Waals surface area contributed by atoms with Crippen LogP contribution in [0.5, 0.6) is 0 Å². The molecule has 0 radical (unpaired) electrons. The van der Waals surface area contributed by atoms with Gasteiger partial charge in [-0.1, -0.05) is 11.6 Å². The molecule has 5 rings (SSSR count). The highest BCUT2D eigenvalue weighted by molar-refractivity contribution is 6.31. The van der Waals surface area contributed by atoms with Crippen LogP contribution >= 0.6 is 11.6 Å². The van der Waals surface area contributed by atoms with E-state index < -0.39 is 11.7 Å². The van der Waals surface area contributed by atoms with Gasteiger partial charge < -0.3 is 10.6 Å². The number of rotatable bonds is 4. The van der Waals surface area contributed by atoms with Crippen LogP contribution in [0.25, 0.3) is 10.9 Å². The van der Waals surface area contributed by atoms with Crippen molar-refractivity contribution in [2.75, 3.05) is 5.32 Å². The summed E-state index contributed by atoms with van der Waals surface area (Å²) < 4.78 is 42.4. The molecule has 2 atom stereocenters. The van der Waals surface area contributed by atoms with Crippen molar-refractivity contribution >= 4 is 34.1 Å². The van der Waals surface area contributed by atoms with Gasteiger partial charge in [0, 0.05) is 46.4 Å². The second-order valence-electron chi connectivity index (χ2n) is 8.75. The predicted molar refractivity (Wildman–Crippen MR) is 120 cm³/mol. The molecule has 172 valence electrons. The van der Waals surface area contributed by atoms with Gasteiger partial charge in [0.2, 0.25) is 0 Å². The van der Waals surface area contributed by atoms with E-state index in [2.05, 4.69) is 20.6 Å². The first-order valence-electron chi connectivity index (χ1n) is 11.0. The summed E-state index contributed by atoms with van der Waals surface area (Å²) >= 11 is 6.21. The van der Waals surface area contributed by atoms with Crippen molar-refractivity contribution in [1.82, 2.24) is 15.3 Å². The molecular weight excluding hydrogens is 453 g/mol. The molecule has 1 saturated carbocycles. The number of fused-ring (bicyclic) bond motifs is 2. The molecule has 0 unspecified atom stereocenters. The lowest BCUT2D eigenvalue weighted by Gasteiger charge is -2.32. The maximum absolute atomic E-state index is 14.5. The van der Waals surface area contributed by atoms with Gasteiger partial charge in [-0.05, 0) is 56.4 Å². The third-order valence-corrected chi connectivity index (χ3v) is 6.64. The maximum Gasteiger partial charge on any atom is 0.290 e. The first-order valence-corrected chi connectivity index (χ1v) is 11.4. The van der Waals surface area contributed by atoms with Gasteiger partial charge >= 0.3 is 0 Å². The van der Waals surface area contributed by atoms with E-state index in [1.54, 1.807) is 18.2 Å². The highest BCUT2D eigenvalue weighted by Crippen LogP contribution is 2.46. The van der Waals surface area contributed by atoms with Gasteiger partial charge in [0.15, 0.2) is 0 Å². The molecular formula is C24H22ClF3N4O. The van der Waals surface area contributed by atoms with Crippen LogP contribution in [0, 0.1) is 5.82 Å². The molecule has 2 aliphatic carbocycles. The van der Waals surface area contributed by atoms with Crippen molar-refractivity contribution in [3.63, 3.8) is 0 Å². The van der Waals surface area contributed by atoms with E-state index in [-0.39, 0.29) is 42.1 Å². The van der Waals surface area contributed by atoms with Crippen LogP contribution in [0.4, 0.5) is 18.9 Å². The summed E-state index contributed by atoms with van der Waals surface area (Å²) in [5.74, 6) is -3.91. The first-order chi connectivity index (χ1) is 15.8. The molecule has 5 nitrogen and oxygen atoms in total. The van der Waals surface area contributed by atoms with Crippen molar-refractivity contribution < 1.29 is 18.0 Å². The molecule has 2 heterocycles. The molecule has 33 heavy (non-hydrogen) atoms. The largest absolute Gasteiger partial charge is 0.381 e. The topological polar surface area (TPSA) is 66.9 Å². The Morgan fingerprint density at radius 3 is 2.79 bits per heavy atom. The summed E-state index contributed by atoms with van der Waals surface area (Å²) in [6.07, 6.45) is 5.43. The van der Waals surface area contributed by atoms with E-state index in [4.69, 9.17) is 11.6 Å². The number of nitrogens with one attached hydrogen (secondary N) is 2. The third kappa shape index (κ3) is 4.36. The number of carbonyl (C=O) groups is 1. The number of pyridine rings is 2. The number of anilines is 1. The summed E-state index contributed by atoms with van der Waals surface area (Å²) in [5.41, 5.74) is 1.66. The normalized spacial score (nSPS) is 21.6. The van der Waals surface area contributed by atoms with Gasteiger partial charge in [0.25, 0.3) is 11.8 Å². The molecule has 9 heteroatoms. The summed E-state index contributed by atoms with van der Waals surface area (Å²) in [7, 11) is 0. The number of hydrogen-bond acceptors (Lipinski definition) is 4. The summed E-state index contributed by atoms with van der Waals surface area (Å²) in [6, 6.07) is 6.05. The number of amides is 1. The van der Waals surface area contributed by atoms with Crippen molar-refractivity contribution in [2.24, 2.45) is 0 Å². The zero-order valence-electron chi connectivity index (χ0n) is 17.7. The highest BCUT2D eigenvalue weighted by atomic mass is 35.5. The number of carbonyl (C=O) groups excluding carboxylic acids is 1. The standard InChI is InChI=1S/C24H22ClF3N4O/c25-14-4-5-20-19(9-14)21(18-6-7-24(27,28)22(18)32-20)30-16-2-1-3-17(10-16)31-23(33)13-8-15(26)12-29-11-13/h4-5,8-9,11-12,16-17H,1-3,6-7,10H2,(H,30,32)(H,31,33)/t16-,17+/m0/s1. The number of nitrogens with zero attached hydrogens (tertiary/aromatic N) is 2. The Balaban J connectivity index is 1.39. The van der Waals surface area contributed by atoms with Crippen LogP contribution in [0.1, 0.15) is 53.7 Å². The third-order valence-electron chi connectivity index (χ3n) is 6.41. The Bertz CT molecular complexity index is 1240. The SMILES string of the molecule is O=C(N[C@@H]1CCC[C@H](Nc2c3c(nc4ccc(Cl)cc24)C(F)(F)CC3)C1)c1cncc(F)c1. The van der Waals surface area contributed by atoms with E-state index in [1.807, 2.05) is 0 Å². The van der Waals surface area contributed by atoms with Gasteiger partial charge in [-0.15, -0.1) is 0 Å². The molecule has 1 aromatic carbocycles. The fourth-order valence-electron chi connectivity index (χ4n) is 4.85. The number of benzene rings is 1. The Morgan fingerprint density at radius 1 is 1.15 bits per heavy atom. The van der Waals surface area contributed by atoms with E-state index in [0.29, 0.717) is 28.2 Å². The highest BCUT2D eigenvalue weighted by Gasteiger charge is 2.43. The number of halogens is 4. The maximum atomic E-state index is 14.5. The molecule has 0 aliphatic heterocycles. The lowest BCUT2D eigenvalue weighted by atomic mass is 9.90. The van der Waals surface area contributed by atoms with Crippen LogP contribution in [-0.4, -0.2) is 28.0 Å². The lowest BCUT2D eigenvalue weighted by Crippen LogP contribution is -2.42. The molecule has 0 saturated heterocycles. The second kappa shape index (κ2) is 8.48. The molecule has 2 aliphatic rings. The number of hydrogen-bond donors (Lipinski definition) is 2. The Kier molecular flexibility index (Phi) is 5.64. The van der Waals surface area contributed by atoms with Crippen LogP contribution in [0.15, 0.2) is 36.7 Å². The van der Waals surface area contributed by atoms with Crippen LogP contribution in [-0.2, 0) is 12.3 Å². The quantitative estimate of drug-likeness (QED) is 0.515. The average molecular weight is 475 g/mol. The number of aromatic nitrogens is 2. The molecule has 1 fully saturated rings. The predicted octanol–water partition coefficient (Wildman–Crippen LogP) is 5.61. The molecule has 2 aromatic heterocycles. The van der Waals surface area contributed by atoms with E-state index in [0.717, 1.165) is 36.9 Å². The fraction of sp³-hybridized carbons (Fsp3) is 0.375. The monoisotopic (exact) mass is 474 g/mol. The summed E-state index contributed by atoms with van der Waals surface area (Å²) in [6.45, 7) is 0. The second-order valence-corrected chi connectivity index (χ2v) is 9.19. The molecule has 0 bridgehead atoms. The minimum Gasteiger partial charge on any atom is -0.381 e. The van der Waals surface area contributed by atoms with Crippen molar-refractivity contribution in [3.8, 4) is 0 Å². The lowest BCUT2D eigenvalue weighted by molar-refractivity contribution is -0.00567. The van der Waals surface area contributed by atoms with Gasteiger partial charge in [-0.2, -0.15) is 8.78 Å². The van der Waals surface area contributed by atoms with Crippen LogP contribution in [0.3, 0.4) is 0 Å². The smallest absolute Gasteiger partial charge is 0.290 e. The molecule has 1 amide bonds. The zero-order chi connectivity index (χ0) is 23.2.